The maximum atomic E-state index is 4.88. The molecule has 0 saturated carbocycles. The molecule has 0 amide bonds. The van der Waals surface area contributed by atoms with Gasteiger partial charge in [0.2, 0.25) is 0 Å². The number of rotatable bonds is 8. The van der Waals surface area contributed by atoms with Crippen LogP contribution in [0.4, 0.5) is 0 Å². The number of aromatic nitrogens is 1. The van der Waals surface area contributed by atoms with E-state index in [0.717, 1.165) is 32.1 Å². The van der Waals surface area contributed by atoms with Gasteiger partial charge in [-0.05, 0) is 56.4 Å². The van der Waals surface area contributed by atoms with E-state index in [0.29, 0.717) is 6.04 Å². The molecule has 0 aromatic carbocycles. The molecule has 7 heteroatoms. The molecule has 0 bridgehead atoms. The first kappa shape index (κ1) is 21.2. The van der Waals surface area contributed by atoms with Crippen molar-refractivity contribution >= 4 is 41.3 Å². The van der Waals surface area contributed by atoms with Gasteiger partial charge in [-0.2, -0.15) is 0 Å². The van der Waals surface area contributed by atoms with Crippen LogP contribution in [0.25, 0.3) is 0 Å². The number of aliphatic imine (C=N–C) groups is 1. The summed E-state index contributed by atoms with van der Waals surface area (Å²) in [5.41, 5.74) is 0. The monoisotopic (exact) mass is 487 g/mol. The fraction of sp³-hybridized carbons (Fsp3) is 0.526. The fourth-order valence-corrected chi connectivity index (χ4v) is 4.11. The maximum Gasteiger partial charge on any atom is 0.191 e. The van der Waals surface area contributed by atoms with Crippen LogP contribution in [0.3, 0.4) is 0 Å². The molecule has 1 aliphatic rings. The molecule has 26 heavy (non-hydrogen) atoms. The van der Waals surface area contributed by atoms with Crippen LogP contribution in [0.1, 0.15) is 30.7 Å². The van der Waals surface area contributed by atoms with Crippen LogP contribution in [0.5, 0.6) is 0 Å². The molecular formula is C19H30IN5S. The Morgan fingerprint density at radius 1 is 1.19 bits per heavy atom. The standard InChI is InChI=1S/C19H29N5S.HI/c1-2-20-19(21-9-14-23-10-3-4-11-23)22-16-17(18-8-7-15-25-18)24-12-5-6-13-24;/h3-4,7-8,10-11,15,17H,2,5-6,9,12-14,16H2,1H3,(H2,20,21,22);1H. The zero-order valence-corrected chi connectivity index (χ0v) is 18.6. The van der Waals surface area contributed by atoms with E-state index in [1.165, 1.54) is 30.8 Å². The Bertz CT molecular complexity index is 620. The second-order valence-corrected chi connectivity index (χ2v) is 7.32. The van der Waals surface area contributed by atoms with Crippen molar-refractivity contribution in [3.05, 3.63) is 46.9 Å². The van der Waals surface area contributed by atoms with Gasteiger partial charge in [-0.15, -0.1) is 35.3 Å². The van der Waals surface area contributed by atoms with Gasteiger partial charge in [0, 0.05) is 36.9 Å². The summed E-state index contributed by atoms with van der Waals surface area (Å²) in [4.78, 5) is 8.89. The minimum absolute atomic E-state index is 0. The molecule has 1 fully saturated rings. The Labute approximate surface area is 177 Å². The van der Waals surface area contributed by atoms with Gasteiger partial charge in [0.15, 0.2) is 5.96 Å². The fourth-order valence-electron chi connectivity index (χ4n) is 3.26. The molecule has 3 heterocycles. The smallest absolute Gasteiger partial charge is 0.191 e. The number of nitrogens with zero attached hydrogens (tertiary/aromatic N) is 3. The average molecular weight is 487 g/mol. The summed E-state index contributed by atoms with van der Waals surface area (Å²) < 4.78 is 2.18. The largest absolute Gasteiger partial charge is 0.357 e. The van der Waals surface area contributed by atoms with E-state index in [2.05, 4.69) is 69.1 Å². The number of halogens is 1. The van der Waals surface area contributed by atoms with Gasteiger partial charge in [0.05, 0.1) is 12.6 Å². The van der Waals surface area contributed by atoms with Crippen molar-refractivity contribution in [1.29, 1.82) is 0 Å². The molecule has 1 aliphatic heterocycles. The summed E-state index contributed by atoms with van der Waals surface area (Å²) in [7, 11) is 0. The van der Waals surface area contributed by atoms with Gasteiger partial charge in [0.25, 0.3) is 0 Å². The van der Waals surface area contributed by atoms with Gasteiger partial charge >= 0.3 is 0 Å². The van der Waals surface area contributed by atoms with Gasteiger partial charge in [-0.25, -0.2) is 0 Å². The number of hydrogen-bond donors (Lipinski definition) is 2. The van der Waals surface area contributed by atoms with E-state index < -0.39 is 0 Å². The molecule has 5 nitrogen and oxygen atoms in total. The van der Waals surface area contributed by atoms with Crippen molar-refractivity contribution in [1.82, 2.24) is 20.1 Å². The lowest BCUT2D eigenvalue weighted by Gasteiger charge is -2.25. The van der Waals surface area contributed by atoms with Crippen molar-refractivity contribution in [2.45, 2.75) is 32.4 Å². The number of thiophene rings is 1. The third kappa shape index (κ3) is 6.28. The topological polar surface area (TPSA) is 44.6 Å². The molecule has 0 radical (unpaired) electrons. The number of hydrogen-bond acceptors (Lipinski definition) is 3. The molecule has 2 aromatic rings. The minimum Gasteiger partial charge on any atom is -0.357 e. The molecule has 0 spiro atoms. The first-order valence-electron chi connectivity index (χ1n) is 9.27. The summed E-state index contributed by atoms with van der Waals surface area (Å²) >= 11 is 1.84. The van der Waals surface area contributed by atoms with Crippen molar-refractivity contribution < 1.29 is 0 Å². The third-order valence-corrected chi connectivity index (χ3v) is 5.52. The molecule has 1 atom stereocenters. The normalized spacial score (nSPS) is 16.3. The highest BCUT2D eigenvalue weighted by atomic mass is 127. The van der Waals surface area contributed by atoms with Crippen LogP contribution in [0.2, 0.25) is 0 Å². The minimum atomic E-state index is 0. The zero-order valence-electron chi connectivity index (χ0n) is 15.4. The highest BCUT2D eigenvalue weighted by Gasteiger charge is 2.24. The third-order valence-electron chi connectivity index (χ3n) is 4.55. The Balaban J connectivity index is 0.00000243. The van der Waals surface area contributed by atoms with Gasteiger partial charge in [-0.3, -0.25) is 9.89 Å². The molecule has 144 valence electrons. The molecule has 2 aromatic heterocycles. The Hall–Kier alpha value is -1.06. The highest BCUT2D eigenvalue weighted by Crippen LogP contribution is 2.28. The second-order valence-electron chi connectivity index (χ2n) is 6.34. The lowest BCUT2D eigenvalue weighted by atomic mass is 10.2. The first-order chi connectivity index (χ1) is 12.4. The summed E-state index contributed by atoms with van der Waals surface area (Å²) in [5, 5.41) is 8.99. The van der Waals surface area contributed by atoms with Crippen LogP contribution in [-0.4, -0.2) is 48.2 Å². The van der Waals surface area contributed by atoms with Gasteiger partial charge < -0.3 is 15.2 Å². The van der Waals surface area contributed by atoms with E-state index in [-0.39, 0.29) is 24.0 Å². The van der Waals surface area contributed by atoms with Crippen LogP contribution in [-0.2, 0) is 6.54 Å². The van der Waals surface area contributed by atoms with Crippen LogP contribution >= 0.6 is 35.3 Å². The molecule has 1 saturated heterocycles. The maximum absolute atomic E-state index is 4.88. The first-order valence-corrected chi connectivity index (χ1v) is 10.1. The van der Waals surface area contributed by atoms with Crippen LogP contribution in [0, 0.1) is 0 Å². The summed E-state index contributed by atoms with van der Waals surface area (Å²) in [6.07, 6.45) is 6.79. The van der Waals surface area contributed by atoms with E-state index in [1.807, 2.05) is 11.3 Å². The quantitative estimate of drug-likeness (QED) is 0.340. The van der Waals surface area contributed by atoms with Crippen molar-refractivity contribution in [3.8, 4) is 0 Å². The molecular weight excluding hydrogens is 457 g/mol. The summed E-state index contributed by atoms with van der Waals surface area (Å²) in [6.45, 7) is 7.99. The highest BCUT2D eigenvalue weighted by molar-refractivity contribution is 14.0. The van der Waals surface area contributed by atoms with E-state index >= 15 is 0 Å². The average Bonchev–Trinajstić information content (AvgIpc) is 3.38. The SMILES string of the molecule is CCNC(=NCC(c1cccs1)N1CCCC1)NCCn1cccc1.I. The lowest BCUT2D eigenvalue weighted by Crippen LogP contribution is -2.39. The van der Waals surface area contributed by atoms with Crippen molar-refractivity contribution in [2.75, 3.05) is 32.7 Å². The van der Waals surface area contributed by atoms with Crippen molar-refractivity contribution in [3.63, 3.8) is 0 Å². The van der Waals surface area contributed by atoms with E-state index in [9.17, 15) is 0 Å². The molecule has 2 N–H and O–H groups in total. The number of guanidine groups is 1. The summed E-state index contributed by atoms with van der Waals surface area (Å²) in [6, 6.07) is 8.91. The lowest BCUT2D eigenvalue weighted by molar-refractivity contribution is 0.255. The van der Waals surface area contributed by atoms with Crippen LogP contribution in [0.15, 0.2) is 47.0 Å². The number of likely N-dealkylation sites (tertiary alicyclic amines) is 1. The number of nitrogens with one attached hydrogen (secondary N) is 2. The van der Waals surface area contributed by atoms with Gasteiger partial charge in [0.1, 0.15) is 0 Å². The summed E-state index contributed by atoms with van der Waals surface area (Å²) in [5.74, 6) is 0.912. The molecule has 3 rings (SSSR count). The zero-order chi connectivity index (χ0) is 17.3. The Morgan fingerprint density at radius 2 is 1.96 bits per heavy atom. The molecule has 0 aliphatic carbocycles. The molecule has 1 unspecified atom stereocenters. The van der Waals surface area contributed by atoms with Crippen LogP contribution < -0.4 is 10.6 Å². The Kier molecular flexibility index (Phi) is 9.49. The van der Waals surface area contributed by atoms with E-state index in [4.69, 9.17) is 4.99 Å². The van der Waals surface area contributed by atoms with Crippen molar-refractivity contribution in [2.24, 2.45) is 4.99 Å². The second kappa shape index (κ2) is 11.6. The predicted octanol–water partition coefficient (Wildman–Crippen LogP) is 3.56. The van der Waals surface area contributed by atoms with E-state index in [1.54, 1.807) is 0 Å². The Morgan fingerprint density at radius 3 is 2.62 bits per heavy atom. The van der Waals surface area contributed by atoms with Gasteiger partial charge in [-0.1, -0.05) is 6.07 Å². The predicted molar refractivity (Wildman–Crippen MR) is 122 cm³/mol.